The highest BCUT2D eigenvalue weighted by Gasteiger charge is 2.19. The number of para-hydroxylation sites is 1. The number of fused-ring (bicyclic) bond motifs is 1. The zero-order chi connectivity index (χ0) is 14.8. The highest BCUT2D eigenvalue weighted by Crippen LogP contribution is 2.29. The van der Waals surface area contributed by atoms with Crippen LogP contribution in [-0.4, -0.2) is 47.0 Å². The third-order valence-corrected chi connectivity index (χ3v) is 3.67. The molecule has 0 aliphatic carbocycles. The largest absolute Gasteiger partial charge is 0.511 e. The summed E-state index contributed by atoms with van der Waals surface area (Å²) in [7, 11) is 1.94. The van der Waals surface area contributed by atoms with Gasteiger partial charge in [0.05, 0.1) is 5.52 Å². The van der Waals surface area contributed by atoms with Crippen LogP contribution >= 0.6 is 0 Å². The molecule has 2 heterocycles. The Labute approximate surface area is 122 Å². The first-order valence-corrected chi connectivity index (χ1v) is 6.98. The molecule has 21 heavy (non-hydrogen) atoms. The molecule has 0 atom stereocenters. The molecule has 2 aromatic rings. The van der Waals surface area contributed by atoms with E-state index in [1.165, 1.54) is 0 Å². The molecule has 0 spiro atoms. The smallest absolute Gasteiger partial charge is 0.449 e. The quantitative estimate of drug-likeness (QED) is 0.643. The predicted octanol–water partition coefficient (Wildman–Crippen LogP) is 1.43. The van der Waals surface area contributed by atoms with Gasteiger partial charge in [0.15, 0.2) is 5.75 Å². The van der Waals surface area contributed by atoms with Gasteiger partial charge in [-0.25, -0.2) is 9.78 Å². The minimum absolute atomic E-state index is 0.273. The van der Waals surface area contributed by atoms with Crippen molar-refractivity contribution in [3.63, 3.8) is 0 Å². The number of rotatable bonds is 2. The Morgan fingerprint density at radius 3 is 3.05 bits per heavy atom. The molecule has 1 aliphatic heterocycles. The number of anilines is 1. The normalized spacial score (nSPS) is 16.0. The summed E-state index contributed by atoms with van der Waals surface area (Å²) >= 11 is 0. The van der Waals surface area contributed by atoms with Crippen molar-refractivity contribution < 1.29 is 14.6 Å². The van der Waals surface area contributed by atoms with Crippen LogP contribution in [0.5, 0.6) is 5.75 Å². The van der Waals surface area contributed by atoms with Gasteiger partial charge in [-0.3, -0.25) is 0 Å². The molecule has 7 heteroatoms. The van der Waals surface area contributed by atoms with Gasteiger partial charge in [-0.1, -0.05) is 6.07 Å². The van der Waals surface area contributed by atoms with Gasteiger partial charge in [0.1, 0.15) is 5.52 Å². The fraction of sp³-hybridized carbons (Fsp3) is 0.429. The number of carboxylic acid groups (broad SMARTS) is 1. The van der Waals surface area contributed by atoms with E-state index in [4.69, 9.17) is 9.84 Å². The van der Waals surface area contributed by atoms with Gasteiger partial charge in [-0.05, 0) is 25.1 Å². The highest BCUT2D eigenvalue weighted by molar-refractivity contribution is 5.86. The SMILES string of the molecule is Cn1c(N2CCCNCC2)nc2c(OC(=O)O)cccc21. The van der Waals surface area contributed by atoms with E-state index >= 15 is 0 Å². The van der Waals surface area contributed by atoms with Crippen molar-refractivity contribution in [2.45, 2.75) is 6.42 Å². The second kappa shape index (κ2) is 5.61. The molecule has 1 aliphatic rings. The number of benzene rings is 1. The van der Waals surface area contributed by atoms with Crippen LogP contribution in [0.3, 0.4) is 0 Å². The van der Waals surface area contributed by atoms with Crippen molar-refractivity contribution in [2.75, 3.05) is 31.1 Å². The van der Waals surface area contributed by atoms with Gasteiger partial charge in [0.25, 0.3) is 0 Å². The van der Waals surface area contributed by atoms with Crippen molar-refractivity contribution in [1.29, 1.82) is 0 Å². The molecule has 7 nitrogen and oxygen atoms in total. The fourth-order valence-corrected chi connectivity index (χ4v) is 2.68. The Morgan fingerprint density at radius 2 is 2.24 bits per heavy atom. The lowest BCUT2D eigenvalue weighted by Crippen LogP contribution is -2.29. The average molecular weight is 290 g/mol. The number of imidazole rings is 1. The van der Waals surface area contributed by atoms with E-state index in [-0.39, 0.29) is 5.75 Å². The number of ether oxygens (including phenoxy) is 1. The highest BCUT2D eigenvalue weighted by atomic mass is 16.7. The van der Waals surface area contributed by atoms with Gasteiger partial charge < -0.3 is 24.6 Å². The molecule has 1 aromatic heterocycles. The van der Waals surface area contributed by atoms with E-state index in [1.807, 2.05) is 17.7 Å². The van der Waals surface area contributed by atoms with Gasteiger partial charge in [0.2, 0.25) is 5.95 Å². The Bertz CT molecular complexity index is 660. The van der Waals surface area contributed by atoms with Crippen molar-refractivity contribution >= 4 is 23.1 Å². The summed E-state index contributed by atoms with van der Waals surface area (Å²) in [5.74, 6) is 1.12. The summed E-state index contributed by atoms with van der Waals surface area (Å²) in [5.41, 5.74) is 1.44. The topological polar surface area (TPSA) is 79.6 Å². The Morgan fingerprint density at radius 1 is 1.38 bits per heavy atom. The number of aromatic nitrogens is 2. The number of carbonyl (C=O) groups is 1. The number of aryl methyl sites for hydroxylation is 1. The van der Waals surface area contributed by atoms with Gasteiger partial charge in [-0.2, -0.15) is 0 Å². The lowest BCUT2D eigenvalue weighted by molar-refractivity contribution is 0.145. The van der Waals surface area contributed by atoms with Gasteiger partial charge >= 0.3 is 6.16 Å². The molecule has 0 radical (unpaired) electrons. The van der Waals surface area contributed by atoms with E-state index < -0.39 is 6.16 Å². The minimum atomic E-state index is -1.33. The maximum atomic E-state index is 10.8. The van der Waals surface area contributed by atoms with E-state index in [0.717, 1.165) is 44.1 Å². The molecule has 0 bridgehead atoms. The minimum Gasteiger partial charge on any atom is -0.449 e. The van der Waals surface area contributed by atoms with E-state index in [2.05, 4.69) is 15.2 Å². The van der Waals surface area contributed by atoms with Crippen molar-refractivity contribution in [1.82, 2.24) is 14.9 Å². The van der Waals surface area contributed by atoms with E-state index in [0.29, 0.717) is 5.52 Å². The maximum absolute atomic E-state index is 10.8. The average Bonchev–Trinajstić information content (AvgIpc) is 2.65. The van der Waals surface area contributed by atoms with Crippen LogP contribution in [-0.2, 0) is 7.05 Å². The van der Waals surface area contributed by atoms with Crippen LogP contribution in [0.15, 0.2) is 18.2 Å². The molecule has 2 N–H and O–H groups in total. The maximum Gasteiger partial charge on any atom is 0.511 e. The summed E-state index contributed by atoms with van der Waals surface area (Å²) in [5, 5.41) is 12.2. The molecule has 1 saturated heterocycles. The molecule has 112 valence electrons. The van der Waals surface area contributed by atoms with Crippen molar-refractivity contribution in [2.24, 2.45) is 7.05 Å². The third kappa shape index (κ3) is 2.64. The van der Waals surface area contributed by atoms with Gasteiger partial charge in [0, 0.05) is 26.7 Å². The first-order chi connectivity index (χ1) is 10.2. The Balaban J connectivity index is 2.03. The zero-order valence-corrected chi connectivity index (χ0v) is 11.9. The summed E-state index contributed by atoms with van der Waals surface area (Å²) in [6, 6.07) is 5.31. The number of nitrogens with zero attached hydrogens (tertiary/aromatic N) is 3. The van der Waals surface area contributed by atoms with Crippen LogP contribution in [0.1, 0.15) is 6.42 Å². The Kier molecular flexibility index (Phi) is 3.66. The molecule has 3 rings (SSSR count). The van der Waals surface area contributed by atoms with E-state index in [1.54, 1.807) is 12.1 Å². The molecule has 0 amide bonds. The van der Waals surface area contributed by atoms with Crippen molar-refractivity contribution in [3.05, 3.63) is 18.2 Å². The lowest BCUT2D eigenvalue weighted by atomic mass is 10.3. The second-order valence-electron chi connectivity index (χ2n) is 5.05. The second-order valence-corrected chi connectivity index (χ2v) is 5.05. The molecule has 1 aromatic carbocycles. The van der Waals surface area contributed by atoms with Crippen LogP contribution in [0.4, 0.5) is 10.7 Å². The predicted molar refractivity (Wildman–Crippen MR) is 79.1 cm³/mol. The summed E-state index contributed by atoms with van der Waals surface area (Å²) in [6.45, 7) is 3.74. The Hall–Kier alpha value is -2.28. The fourth-order valence-electron chi connectivity index (χ4n) is 2.68. The summed E-state index contributed by atoms with van der Waals surface area (Å²) in [6.07, 6.45) is -0.268. The van der Waals surface area contributed by atoms with Crippen LogP contribution in [0.25, 0.3) is 11.0 Å². The van der Waals surface area contributed by atoms with E-state index in [9.17, 15) is 4.79 Å². The number of hydrogen-bond donors (Lipinski definition) is 2. The van der Waals surface area contributed by atoms with Crippen molar-refractivity contribution in [3.8, 4) is 5.75 Å². The standard InChI is InChI=1S/C14H18N4O3/c1-17-10-4-2-5-11(21-14(19)20)12(10)16-13(17)18-8-3-6-15-7-9-18/h2,4-5,15H,3,6-9H2,1H3,(H,19,20). The number of hydrogen-bond acceptors (Lipinski definition) is 5. The molecular weight excluding hydrogens is 272 g/mol. The summed E-state index contributed by atoms with van der Waals surface area (Å²) < 4.78 is 6.80. The third-order valence-electron chi connectivity index (χ3n) is 3.67. The molecule has 0 unspecified atom stereocenters. The monoisotopic (exact) mass is 290 g/mol. The molecular formula is C14H18N4O3. The first-order valence-electron chi connectivity index (χ1n) is 6.98. The first kappa shape index (κ1) is 13.7. The molecule has 0 saturated carbocycles. The van der Waals surface area contributed by atoms with Crippen LogP contribution in [0, 0.1) is 0 Å². The van der Waals surface area contributed by atoms with Gasteiger partial charge in [-0.15, -0.1) is 0 Å². The summed E-state index contributed by atoms with van der Waals surface area (Å²) in [4.78, 5) is 17.6. The number of nitrogens with one attached hydrogen (secondary N) is 1. The van der Waals surface area contributed by atoms with Crippen LogP contribution < -0.4 is 15.0 Å². The lowest BCUT2D eigenvalue weighted by Gasteiger charge is -2.20. The van der Waals surface area contributed by atoms with Crippen LogP contribution in [0.2, 0.25) is 0 Å². The zero-order valence-electron chi connectivity index (χ0n) is 11.9. The molecule has 1 fully saturated rings.